The number of hydrogen-bond acceptors (Lipinski definition) is 3. The third kappa shape index (κ3) is 8.65. The van der Waals surface area contributed by atoms with Gasteiger partial charge in [0.1, 0.15) is 5.82 Å². The highest BCUT2D eigenvalue weighted by Gasteiger charge is 2.06. The summed E-state index contributed by atoms with van der Waals surface area (Å²) in [4.78, 5) is 9.24. The van der Waals surface area contributed by atoms with Gasteiger partial charge in [0.25, 0.3) is 0 Å². The lowest BCUT2D eigenvalue weighted by Crippen LogP contribution is -2.10. The molecule has 25 heavy (non-hydrogen) atoms. The molecule has 1 aromatic heterocycles. The molecule has 5 N–H and O–H groups in total. The molecule has 5 nitrogen and oxygen atoms in total. The number of rotatable bonds is 7. The number of aryl methyl sites for hydroxylation is 2. The highest BCUT2D eigenvalue weighted by Crippen LogP contribution is 2.22. The van der Waals surface area contributed by atoms with Gasteiger partial charge in [-0.1, -0.05) is 26.7 Å². The lowest BCUT2D eigenvalue weighted by atomic mass is 10.2. The predicted octanol–water partition coefficient (Wildman–Crippen LogP) is 3.66. The molecule has 0 fully saturated rings. The Kier molecular flexibility index (Phi) is 12.4. The maximum Gasteiger partial charge on any atom is 0.317 e. The van der Waals surface area contributed by atoms with Crippen LogP contribution in [-0.2, 0) is 11.3 Å². The average Bonchev–Trinajstić information content (AvgIpc) is 2.92. The van der Waals surface area contributed by atoms with Crippen LogP contribution in [0.3, 0.4) is 0 Å². The second kappa shape index (κ2) is 13.4. The summed E-state index contributed by atoms with van der Waals surface area (Å²) in [7, 11) is 0. The van der Waals surface area contributed by atoms with Crippen molar-refractivity contribution in [2.75, 3.05) is 13.1 Å². The normalized spacial score (nSPS) is 9.84. The van der Waals surface area contributed by atoms with Crippen LogP contribution in [0.15, 0.2) is 24.4 Å². The van der Waals surface area contributed by atoms with E-state index in [1.807, 2.05) is 26.8 Å². The Bertz CT molecular complexity index is 626. The van der Waals surface area contributed by atoms with Gasteiger partial charge in [-0.3, -0.25) is 4.79 Å². The molecule has 0 aliphatic rings. The lowest BCUT2D eigenvalue weighted by Gasteiger charge is -2.05. The molecule has 0 amide bonds. The first kappa shape index (κ1) is 23.1. The fraction of sp³-hybridized carbons (Fsp3) is 0.526. The molecule has 0 saturated heterocycles. The smallest absolute Gasteiger partial charge is 0.317 e. The molecular formula is C19H32FN3O2. The fourth-order valence-electron chi connectivity index (χ4n) is 2.41. The first-order valence-corrected chi connectivity index (χ1v) is 8.86. The summed E-state index contributed by atoms with van der Waals surface area (Å²) in [6.07, 6.45) is 6.78. The van der Waals surface area contributed by atoms with Crippen molar-refractivity contribution in [1.82, 2.24) is 4.57 Å². The van der Waals surface area contributed by atoms with Gasteiger partial charge in [-0.2, -0.15) is 0 Å². The van der Waals surface area contributed by atoms with E-state index in [9.17, 15) is 9.18 Å². The summed E-state index contributed by atoms with van der Waals surface area (Å²) >= 11 is 0. The van der Waals surface area contributed by atoms with Gasteiger partial charge < -0.3 is 21.1 Å². The summed E-state index contributed by atoms with van der Waals surface area (Å²) in [5.41, 5.74) is 12.3. The van der Waals surface area contributed by atoms with Gasteiger partial charge in [-0.25, -0.2) is 4.39 Å². The summed E-state index contributed by atoms with van der Waals surface area (Å²) < 4.78 is 15.4. The molecule has 1 heterocycles. The van der Waals surface area contributed by atoms with Crippen LogP contribution in [0.1, 0.15) is 45.1 Å². The van der Waals surface area contributed by atoms with E-state index in [2.05, 4.69) is 16.5 Å². The molecule has 0 aliphatic heterocycles. The quantitative estimate of drug-likeness (QED) is 0.662. The van der Waals surface area contributed by atoms with Gasteiger partial charge in [0.2, 0.25) is 0 Å². The van der Waals surface area contributed by atoms with Gasteiger partial charge in [0.15, 0.2) is 0 Å². The maximum atomic E-state index is 13.2. The van der Waals surface area contributed by atoms with Crippen molar-refractivity contribution in [3.63, 3.8) is 0 Å². The van der Waals surface area contributed by atoms with E-state index in [0.717, 1.165) is 42.4 Å². The molecule has 2 aromatic rings. The molecule has 142 valence electrons. The van der Waals surface area contributed by atoms with Crippen molar-refractivity contribution >= 4 is 16.9 Å². The van der Waals surface area contributed by atoms with Crippen LogP contribution in [0.2, 0.25) is 0 Å². The third-order valence-corrected chi connectivity index (χ3v) is 3.57. The largest absolute Gasteiger partial charge is 0.480 e. The highest BCUT2D eigenvalue weighted by atomic mass is 19.1. The zero-order valence-electron chi connectivity index (χ0n) is 15.6. The monoisotopic (exact) mass is 353 g/mol. The number of nitrogens with zero attached hydrogens (tertiary/aromatic N) is 1. The van der Waals surface area contributed by atoms with Gasteiger partial charge in [0, 0.05) is 23.6 Å². The van der Waals surface area contributed by atoms with Crippen molar-refractivity contribution in [3.05, 3.63) is 35.8 Å². The molecule has 0 unspecified atom stereocenters. The second-order valence-corrected chi connectivity index (χ2v) is 5.47. The van der Waals surface area contributed by atoms with Crippen molar-refractivity contribution in [3.8, 4) is 0 Å². The number of aromatic nitrogens is 1. The first-order chi connectivity index (χ1) is 12.0. The molecule has 0 aliphatic carbocycles. The predicted molar refractivity (Wildman–Crippen MR) is 102 cm³/mol. The Morgan fingerprint density at radius 3 is 2.32 bits per heavy atom. The number of aliphatic carboxylic acids is 1. The van der Waals surface area contributed by atoms with Crippen molar-refractivity contribution in [2.45, 2.75) is 53.0 Å². The molecular weight excluding hydrogens is 321 g/mol. The Morgan fingerprint density at radius 1 is 1.16 bits per heavy atom. The first-order valence-electron chi connectivity index (χ1n) is 8.86. The van der Waals surface area contributed by atoms with Gasteiger partial charge >= 0.3 is 5.97 Å². The number of unbranched alkanes of at least 4 members (excludes halogenated alkanes) is 3. The van der Waals surface area contributed by atoms with E-state index < -0.39 is 5.97 Å². The Balaban J connectivity index is 0.000000710. The summed E-state index contributed by atoms with van der Waals surface area (Å²) in [6.45, 7) is 7.54. The Morgan fingerprint density at radius 2 is 1.76 bits per heavy atom. The summed E-state index contributed by atoms with van der Waals surface area (Å²) in [5.74, 6) is -1.13. The fourth-order valence-corrected chi connectivity index (χ4v) is 2.41. The van der Waals surface area contributed by atoms with Crippen LogP contribution in [0.4, 0.5) is 4.39 Å². The Labute approximate surface area is 149 Å². The van der Waals surface area contributed by atoms with Gasteiger partial charge in [0.05, 0.1) is 6.54 Å². The van der Waals surface area contributed by atoms with E-state index in [1.165, 1.54) is 18.9 Å². The van der Waals surface area contributed by atoms with Gasteiger partial charge in [-0.15, -0.1) is 0 Å². The minimum Gasteiger partial charge on any atom is -0.480 e. The van der Waals surface area contributed by atoms with Crippen LogP contribution in [0.5, 0.6) is 0 Å². The average molecular weight is 353 g/mol. The van der Waals surface area contributed by atoms with Crippen molar-refractivity contribution < 1.29 is 14.3 Å². The van der Waals surface area contributed by atoms with Crippen LogP contribution >= 0.6 is 0 Å². The molecule has 0 radical (unpaired) electrons. The lowest BCUT2D eigenvalue weighted by molar-refractivity contribution is -0.135. The SMILES string of the molecule is CC.Cc1cn(CCCCCCN)c2ccc(F)cc12.NCC(=O)O. The van der Waals surface area contributed by atoms with E-state index in [1.54, 1.807) is 6.07 Å². The number of hydrogen-bond donors (Lipinski definition) is 3. The van der Waals surface area contributed by atoms with Crippen molar-refractivity contribution in [2.24, 2.45) is 11.5 Å². The summed E-state index contributed by atoms with van der Waals surface area (Å²) in [6, 6.07) is 5.03. The van der Waals surface area contributed by atoms with Crippen LogP contribution in [0, 0.1) is 12.7 Å². The third-order valence-electron chi connectivity index (χ3n) is 3.57. The zero-order chi connectivity index (χ0) is 19.2. The number of benzene rings is 1. The number of carboxylic acids is 1. The number of nitrogens with two attached hydrogens (primary N) is 2. The minimum absolute atomic E-state index is 0.161. The van der Waals surface area contributed by atoms with Crippen LogP contribution in [-0.4, -0.2) is 28.7 Å². The molecule has 0 saturated carbocycles. The van der Waals surface area contributed by atoms with E-state index >= 15 is 0 Å². The van der Waals surface area contributed by atoms with Gasteiger partial charge in [-0.05, 0) is 50.1 Å². The van der Waals surface area contributed by atoms with E-state index in [0.29, 0.717) is 0 Å². The van der Waals surface area contributed by atoms with Crippen LogP contribution < -0.4 is 11.5 Å². The minimum atomic E-state index is -0.968. The van der Waals surface area contributed by atoms with Crippen molar-refractivity contribution in [1.29, 1.82) is 0 Å². The molecule has 2 rings (SSSR count). The number of carboxylic acid groups (broad SMARTS) is 1. The molecule has 0 spiro atoms. The standard InChI is InChI=1S/C15H21FN2.C2H5NO2.C2H6/c1-12-11-18(9-5-3-2-4-8-17)15-7-6-13(16)10-14(12)15;3-1-2(4)5;1-2/h6-7,10-11H,2-5,8-9,17H2,1H3;1,3H2,(H,4,5);1-2H3. The van der Waals surface area contributed by atoms with E-state index in [4.69, 9.17) is 10.8 Å². The summed E-state index contributed by atoms with van der Waals surface area (Å²) in [5, 5.41) is 8.62. The number of carbonyl (C=O) groups is 1. The molecule has 1 aromatic carbocycles. The molecule has 0 bridgehead atoms. The van der Waals surface area contributed by atoms with E-state index in [-0.39, 0.29) is 12.4 Å². The molecule has 6 heteroatoms. The second-order valence-electron chi connectivity index (χ2n) is 5.47. The molecule has 0 atom stereocenters. The van der Waals surface area contributed by atoms with Crippen LogP contribution in [0.25, 0.3) is 10.9 Å². The topological polar surface area (TPSA) is 94.3 Å². The number of fused-ring (bicyclic) bond motifs is 1. The highest BCUT2D eigenvalue weighted by molar-refractivity contribution is 5.83. The maximum absolute atomic E-state index is 13.2. The Hall–Kier alpha value is -1.92. The zero-order valence-corrected chi connectivity index (χ0v) is 15.6. The number of halogens is 1.